The molecule has 2 heterocycles. The molecule has 1 fully saturated rings. The van der Waals surface area contributed by atoms with Crippen LogP contribution in [0.5, 0.6) is 0 Å². The number of nitrogens with zero attached hydrogens (tertiary/aromatic N) is 3. The van der Waals surface area contributed by atoms with E-state index in [1.165, 1.54) is 6.33 Å². The maximum atomic E-state index is 11.9. The Bertz CT molecular complexity index is 576. The molecule has 2 N–H and O–H groups in total. The quantitative estimate of drug-likeness (QED) is 0.860. The number of benzene rings is 1. The van der Waals surface area contributed by atoms with Crippen molar-refractivity contribution < 1.29 is 9.53 Å². The molecule has 1 amide bonds. The van der Waals surface area contributed by atoms with Crippen LogP contribution in [0.15, 0.2) is 36.9 Å². The van der Waals surface area contributed by atoms with Gasteiger partial charge in [0.15, 0.2) is 0 Å². The minimum absolute atomic E-state index is 0.0443. The van der Waals surface area contributed by atoms with Gasteiger partial charge in [0, 0.05) is 18.8 Å². The molecule has 7 nitrogen and oxygen atoms in total. The molecule has 1 aliphatic rings. The number of ether oxygens (including phenoxy) is 1. The van der Waals surface area contributed by atoms with Gasteiger partial charge < -0.3 is 15.4 Å². The summed E-state index contributed by atoms with van der Waals surface area (Å²) in [6, 6.07) is 7.44. The van der Waals surface area contributed by atoms with Crippen LogP contribution in [-0.2, 0) is 9.53 Å². The first-order valence-corrected chi connectivity index (χ1v) is 6.88. The zero-order chi connectivity index (χ0) is 14.5. The fourth-order valence-corrected chi connectivity index (χ4v) is 2.21. The predicted octanol–water partition coefficient (Wildman–Crippen LogP) is 0.584. The highest BCUT2D eigenvalue weighted by atomic mass is 16.5. The lowest BCUT2D eigenvalue weighted by Gasteiger charge is -2.23. The number of amides is 1. The molecule has 0 radical (unpaired) electrons. The third-order valence-corrected chi connectivity index (χ3v) is 3.25. The molecule has 0 aliphatic carbocycles. The van der Waals surface area contributed by atoms with Crippen LogP contribution in [0.1, 0.15) is 6.42 Å². The number of rotatable bonds is 4. The summed E-state index contributed by atoms with van der Waals surface area (Å²) in [5, 5.41) is 10.1. The van der Waals surface area contributed by atoms with E-state index in [0.29, 0.717) is 13.0 Å². The van der Waals surface area contributed by atoms with Gasteiger partial charge in [0.1, 0.15) is 12.7 Å². The van der Waals surface area contributed by atoms with Crippen molar-refractivity contribution in [3.63, 3.8) is 0 Å². The first-order chi connectivity index (χ1) is 10.3. The third kappa shape index (κ3) is 3.65. The Morgan fingerprint density at radius 2 is 2.29 bits per heavy atom. The highest BCUT2D eigenvalue weighted by Crippen LogP contribution is 2.13. The molecule has 1 unspecified atom stereocenters. The number of carbonyl (C=O) groups is 1. The first-order valence-electron chi connectivity index (χ1n) is 6.88. The summed E-state index contributed by atoms with van der Waals surface area (Å²) in [4.78, 5) is 15.8. The maximum absolute atomic E-state index is 11.9. The Morgan fingerprint density at radius 3 is 2.95 bits per heavy atom. The highest BCUT2D eigenvalue weighted by molar-refractivity contribution is 5.91. The summed E-state index contributed by atoms with van der Waals surface area (Å²) in [5.74, 6) is -0.0443. The average molecular weight is 287 g/mol. The molecule has 7 heteroatoms. The van der Waals surface area contributed by atoms with E-state index in [9.17, 15) is 4.79 Å². The third-order valence-electron chi connectivity index (χ3n) is 3.25. The van der Waals surface area contributed by atoms with Gasteiger partial charge in [0.2, 0.25) is 5.91 Å². The van der Waals surface area contributed by atoms with Gasteiger partial charge in [-0.25, -0.2) is 9.67 Å². The molecular formula is C14H17N5O2. The van der Waals surface area contributed by atoms with Crippen LogP contribution in [0.4, 0.5) is 5.69 Å². The van der Waals surface area contributed by atoms with Crippen molar-refractivity contribution >= 4 is 11.6 Å². The molecule has 1 atom stereocenters. The highest BCUT2D eigenvalue weighted by Gasteiger charge is 2.17. The van der Waals surface area contributed by atoms with Gasteiger partial charge in [-0.3, -0.25) is 4.79 Å². The number of morpholine rings is 1. The van der Waals surface area contributed by atoms with Gasteiger partial charge in [-0.05, 0) is 24.3 Å². The van der Waals surface area contributed by atoms with Crippen LogP contribution in [0.25, 0.3) is 5.69 Å². The molecule has 1 saturated heterocycles. The zero-order valence-corrected chi connectivity index (χ0v) is 11.5. The lowest BCUT2D eigenvalue weighted by Crippen LogP contribution is -2.40. The van der Waals surface area contributed by atoms with E-state index in [4.69, 9.17) is 4.74 Å². The lowest BCUT2D eigenvalue weighted by atomic mass is 10.2. The largest absolute Gasteiger partial charge is 0.375 e. The molecule has 110 valence electrons. The van der Waals surface area contributed by atoms with Crippen LogP contribution in [-0.4, -0.2) is 46.5 Å². The minimum Gasteiger partial charge on any atom is -0.375 e. The van der Waals surface area contributed by atoms with Gasteiger partial charge in [-0.15, -0.1) is 0 Å². The maximum Gasteiger partial charge on any atom is 0.227 e. The lowest BCUT2D eigenvalue weighted by molar-refractivity contribution is -0.119. The predicted molar refractivity (Wildman–Crippen MR) is 77.2 cm³/mol. The molecule has 0 spiro atoms. The van der Waals surface area contributed by atoms with Crippen molar-refractivity contribution in [2.75, 3.05) is 25.0 Å². The normalized spacial score (nSPS) is 18.4. The first kappa shape index (κ1) is 13.7. The summed E-state index contributed by atoms with van der Waals surface area (Å²) in [6.07, 6.45) is 3.42. The van der Waals surface area contributed by atoms with E-state index in [2.05, 4.69) is 20.7 Å². The smallest absolute Gasteiger partial charge is 0.227 e. The summed E-state index contributed by atoms with van der Waals surface area (Å²) < 4.78 is 7.17. The number of hydrogen-bond acceptors (Lipinski definition) is 5. The number of hydrogen-bond donors (Lipinski definition) is 2. The summed E-state index contributed by atoms with van der Waals surface area (Å²) in [5.41, 5.74) is 1.65. The van der Waals surface area contributed by atoms with Gasteiger partial charge in [-0.1, -0.05) is 0 Å². The summed E-state index contributed by atoms with van der Waals surface area (Å²) in [7, 11) is 0. The van der Waals surface area contributed by atoms with Crippen LogP contribution >= 0.6 is 0 Å². The van der Waals surface area contributed by atoms with Crippen LogP contribution in [0.3, 0.4) is 0 Å². The number of carbonyl (C=O) groups excluding carboxylic acids is 1. The molecule has 1 aromatic carbocycles. The van der Waals surface area contributed by atoms with Gasteiger partial charge in [0.25, 0.3) is 0 Å². The molecule has 1 aliphatic heterocycles. The van der Waals surface area contributed by atoms with Crippen LogP contribution < -0.4 is 10.6 Å². The molecule has 0 bridgehead atoms. The minimum atomic E-state index is -0.0480. The fourth-order valence-electron chi connectivity index (χ4n) is 2.21. The second-order valence-electron chi connectivity index (χ2n) is 4.84. The second kappa shape index (κ2) is 6.47. The number of aromatic nitrogens is 3. The standard InChI is InChI=1S/C14H17N5O2/c20-14(7-13-8-15-5-6-21-13)18-11-1-3-12(4-2-11)19-10-16-9-17-19/h1-4,9-10,13,15H,5-8H2,(H,18,20). The molecule has 3 rings (SSSR count). The van der Waals surface area contributed by atoms with Crippen molar-refractivity contribution in [2.24, 2.45) is 0 Å². The van der Waals surface area contributed by atoms with E-state index >= 15 is 0 Å². The molecule has 0 saturated carbocycles. The molecule has 1 aromatic heterocycles. The Hall–Kier alpha value is -2.25. The van der Waals surface area contributed by atoms with Crippen molar-refractivity contribution in [3.8, 4) is 5.69 Å². The second-order valence-corrected chi connectivity index (χ2v) is 4.84. The molecule has 2 aromatic rings. The van der Waals surface area contributed by atoms with Crippen molar-refractivity contribution in [1.82, 2.24) is 20.1 Å². The summed E-state index contributed by atoms with van der Waals surface area (Å²) >= 11 is 0. The van der Waals surface area contributed by atoms with Crippen LogP contribution in [0, 0.1) is 0 Å². The van der Waals surface area contributed by atoms with Crippen LogP contribution in [0.2, 0.25) is 0 Å². The zero-order valence-electron chi connectivity index (χ0n) is 11.5. The van der Waals surface area contributed by atoms with E-state index in [1.54, 1.807) is 11.0 Å². The van der Waals surface area contributed by atoms with Crippen molar-refractivity contribution in [3.05, 3.63) is 36.9 Å². The van der Waals surface area contributed by atoms with Crippen molar-refractivity contribution in [1.29, 1.82) is 0 Å². The Kier molecular flexibility index (Phi) is 4.23. The van der Waals surface area contributed by atoms with Crippen molar-refractivity contribution in [2.45, 2.75) is 12.5 Å². The molecule has 21 heavy (non-hydrogen) atoms. The monoisotopic (exact) mass is 287 g/mol. The Labute approximate surface area is 122 Å². The van der Waals surface area contributed by atoms with E-state index in [1.807, 2.05) is 24.3 Å². The molecular weight excluding hydrogens is 270 g/mol. The number of nitrogens with one attached hydrogen (secondary N) is 2. The fraction of sp³-hybridized carbons (Fsp3) is 0.357. The van der Waals surface area contributed by atoms with E-state index in [-0.39, 0.29) is 12.0 Å². The van der Waals surface area contributed by atoms with E-state index < -0.39 is 0 Å². The topological polar surface area (TPSA) is 81.1 Å². The average Bonchev–Trinajstić information content (AvgIpc) is 3.03. The Balaban J connectivity index is 1.56. The SMILES string of the molecule is O=C(CC1CNCCO1)Nc1ccc(-n2cncn2)cc1. The van der Waals surface area contributed by atoms with E-state index in [0.717, 1.165) is 24.5 Å². The van der Waals surface area contributed by atoms with Gasteiger partial charge in [0.05, 0.1) is 24.8 Å². The number of anilines is 1. The summed E-state index contributed by atoms with van der Waals surface area (Å²) in [6.45, 7) is 2.23. The van der Waals surface area contributed by atoms with Gasteiger partial charge >= 0.3 is 0 Å². The van der Waals surface area contributed by atoms with Gasteiger partial charge in [-0.2, -0.15) is 5.10 Å². The Morgan fingerprint density at radius 1 is 1.43 bits per heavy atom.